The van der Waals surface area contributed by atoms with Gasteiger partial charge < -0.3 is 15.0 Å². The molecular weight excluding hydrogens is 316 g/mol. The average Bonchev–Trinajstić information content (AvgIpc) is 2.68. The van der Waals surface area contributed by atoms with Crippen LogP contribution in [0.15, 0.2) is 48.7 Å². The molecule has 1 aliphatic heterocycles. The first-order chi connectivity index (χ1) is 12.3. The molecule has 0 unspecified atom stereocenters. The number of piperazine rings is 1. The number of carbonyl (C=O) groups excluding carboxylic acids is 1. The van der Waals surface area contributed by atoms with Crippen LogP contribution in [0.3, 0.4) is 0 Å². The van der Waals surface area contributed by atoms with Crippen LogP contribution in [0.2, 0.25) is 0 Å². The summed E-state index contributed by atoms with van der Waals surface area (Å²) in [5.41, 5.74) is 1.99. The first-order valence-corrected chi connectivity index (χ1v) is 8.53. The smallest absolute Gasteiger partial charge is 0.234 e. The zero-order valence-electron chi connectivity index (χ0n) is 14.5. The number of aromatic nitrogens is 1. The van der Waals surface area contributed by atoms with Crippen molar-refractivity contribution in [3.63, 3.8) is 0 Å². The van der Waals surface area contributed by atoms with E-state index in [-0.39, 0.29) is 5.91 Å². The number of anilines is 1. The molecule has 132 valence electrons. The molecule has 0 bridgehead atoms. The molecule has 1 amide bonds. The van der Waals surface area contributed by atoms with Crippen molar-refractivity contribution in [2.24, 2.45) is 0 Å². The van der Waals surface area contributed by atoms with Gasteiger partial charge in [-0.05, 0) is 24.3 Å². The molecular formula is C19H24N4O2. The van der Waals surface area contributed by atoms with E-state index in [0.717, 1.165) is 43.3 Å². The highest BCUT2D eigenvalue weighted by Crippen LogP contribution is 2.28. The summed E-state index contributed by atoms with van der Waals surface area (Å²) < 4.78 is 5.44. The van der Waals surface area contributed by atoms with Gasteiger partial charge in [-0.1, -0.05) is 18.2 Å². The summed E-state index contributed by atoms with van der Waals surface area (Å²) in [5, 5.41) is 2.93. The first kappa shape index (κ1) is 17.2. The Balaban J connectivity index is 1.45. The summed E-state index contributed by atoms with van der Waals surface area (Å²) in [7, 11) is 1.70. The number of carbonyl (C=O) groups is 1. The highest BCUT2D eigenvalue weighted by atomic mass is 16.5. The largest absolute Gasteiger partial charge is 0.495 e. The first-order valence-electron chi connectivity index (χ1n) is 8.53. The van der Waals surface area contributed by atoms with Gasteiger partial charge in [0.25, 0.3) is 0 Å². The number of amides is 1. The summed E-state index contributed by atoms with van der Waals surface area (Å²) in [6.07, 6.45) is 1.73. The van der Waals surface area contributed by atoms with E-state index in [1.807, 2.05) is 36.4 Å². The predicted molar refractivity (Wildman–Crippen MR) is 97.7 cm³/mol. The van der Waals surface area contributed by atoms with Gasteiger partial charge in [0.2, 0.25) is 5.91 Å². The molecule has 25 heavy (non-hydrogen) atoms. The molecule has 0 saturated carbocycles. The molecule has 1 aliphatic rings. The van der Waals surface area contributed by atoms with Crippen molar-refractivity contribution in [3.8, 4) is 5.75 Å². The Morgan fingerprint density at radius 3 is 2.60 bits per heavy atom. The van der Waals surface area contributed by atoms with Gasteiger partial charge in [0.05, 0.1) is 31.6 Å². The van der Waals surface area contributed by atoms with E-state index in [0.29, 0.717) is 13.1 Å². The lowest BCUT2D eigenvalue weighted by molar-refractivity contribution is -0.122. The number of rotatable bonds is 6. The minimum absolute atomic E-state index is 0.0383. The third-order valence-corrected chi connectivity index (χ3v) is 4.36. The fraction of sp³-hybridized carbons (Fsp3) is 0.368. The summed E-state index contributed by atoms with van der Waals surface area (Å²) in [4.78, 5) is 20.8. The zero-order chi connectivity index (χ0) is 17.5. The lowest BCUT2D eigenvalue weighted by Crippen LogP contribution is -2.49. The molecule has 1 saturated heterocycles. The van der Waals surface area contributed by atoms with Gasteiger partial charge in [-0.15, -0.1) is 0 Å². The molecule has 0 aliphatic carbocycles. The molecule has 1 N–H and O–H groups in total. The number of benzene rings is 1. The second-order valence-corrected chi connectivity index (χ2v) is 6.03. The highest BCUT2D eigenvalue weighted by Gasteiger charge is 2.20. The third-order valence-electron chi connectivity index (χ3n) is 4.36. The monoisotopic (exact) mass is 340 g/mol. The SMILES string of the molecule is COc1ccccc1N1CCN(CC(=O)NCc2ccccn2)CC1. The zero-order valence-corrected chi connectivity index (χ0v) is 14.5. The maximum atomic E-state index is 12.1. The van der Waals surface area contributed by atoms with Crippen LogP contribution in [0.4, 0.5) is 5.69 Å². The van der Waals surface area contributed by atoms with Crippen LogP contribution >= 0.6 is 0 Å². The number of ether oxygens (including phenoxy) is 1. The Morgan fingerprint density at radius 2 is 1.88 bits per heavy atom. The number of pyridine rings is 1. The van der Waals surface area contributed by atoms with Gasteiger partial charge >= 0.3 is 0 Å². The number of nitrogens with zero attached hydrogens (tertiary/aromatic N) is 3. The summed E-state index contributed by atoms with van der Waals surface area (Å²) in [6.45, 7) is 4.37. The minimum atomic E-state index is 0.0383. The molecule has 1 fully saturated rings. The fourth-order valence-electron chi connectivity index (χ4n) is 2.99. The van der Waals surface area contributed by atoms with Crippen molar-refractivity contribution in [1.82, 2.24) is 15.2 Å². The maximum Gasteiger partial charge on any atom is 0.234 e. The lowest BCUT2D eigenvalue weighted by Gasteiger charge is -2.36. The number of para-hydroxylation sites is 2. The van der Waals surface area contributed by atoms with E-state index in [4.69, 9.17) is 4.74 Å². The number of hydrogen-bond acceptors (Lipinski definition) is 5. The van der Waals surface area contributed by atoms with Gasteiger partial charge in [-0.25, -0.2) is 0 Å². The summed E-state index contributed by atoms with van der Waals surface area (Å²) >= 11 is 0. The van der Waals surface area contributed by atoms with E-state index >= 15 is 0 Å². The molecule has 0 radical (unpaired) electrons. The van der Waals surface area contributed by atoms with Crippen LogP contribution in [0.5, 0.6) is 5.75 Å². The lowest BCUT2D eigenvalue weighted by atomic mass is 10.2. The number of methoxy groups -OCH3 is 1. The number of hydrogen-bond donors (Lipinski definition) is 1. The average molecular weight is 340 g/mol. The van der Waals surface area contributed by atoms with Gasteiger partial charge in [-0.2, -0.15) is 0 Å². The molecule has 0 atom stereocenters. The summed E-state index contributed by atoms with van der Waals surface area (Å²) in [5.74, 6) is 0.931. The quantitative estimate of drug-likeness (QED) is 0.864. The molecule has 2 heterocycles. The van der Waals surface area contributed by atoms with Crippen LogP contribution in [0, 0.1) is 0 Å². The van der Waals surface area contributed by atoms with E-state index in [1.54, 1.807) is 13.3 Å². The van der Waals surface area contributed by atoms with Crippen molar-refractivity contribution < 1.29 is 9.53 Å². The van der Waals surface area contributed by atoms with Gasteiger partial charge in [0.15, 0.2) is 0 Å². The number of nitrogens with one attached hydrogen (secondary N) is 1. The van der Waals surface area contributed by atoms with Crippen molar-refractivity contribution in [3.05, 3.63) is 54.4 Å². The second kappa shape index (κ2) is 8.48. The fourth-order valence-corrected chi connectivity index (χ4v) is 2.99. The van der Waals surface area contributed by atoms with Crippen LogP contribution < -0.4 is 15.0 Å². The molecule has 2 aromatic rings. The van der Waals surface area contributed by atoms with Crippen molar-refractivity contribution in [2.75, 3.05) is 44.7 Å². The predicted octanol–water partition coefficient (Wildman–Crippen LogP) is 1.53. The summed E-state index contributed by atoms with van der Waals surface area (Å²) in [6, 6.07) is 13.8. The van der Waals surface area contributed by atoms with Crippen molar-refractivity contribution >= 4 is 11.6 Å². The van der Waals surface area contributed by atoms with E-state index in [2.05, 4.69) is 26.2 Å². The Hall–Kier alpha value is -2.60. The van der Waals surface area contributed by atoms with Gasteiger partial charge in [-0.3, -0.25) is 14.7 Å². The molecule has 6 heteroatoms. The van der Waals surface area contributed by atoms with Crippen molar-refractivity contribution in [1.29, 1.82) is 0 Å². The maximum absolute atomic E-state index is 12.1. The van der Waals surface area contributed by atoms with E-state index in [9.17, 15) is 4.79 Å². The standard InChI is InChI=1S/C19H24N4O2/c1-25-18-8-3-2-7-17(18)23-12-10-22(11-13-23)15-19(24)21-14-16-6-4-5-9-20-16/h2-9H,10-15H2,1H3,(H,21,24). The van der Waals surface area contributed by atoms with Crippen LogP contribution in [0.25, 0.3) is 0 Å². The van der Waals surface area contributed by atoms with Gasteiger partial charge in [0, 0.05) is 32.4 Å². The molecule has 1 aromatic heterocycles. The molecule has 3 rings (SSSR count). The van der Waals surface area contributed by atoms with E-state index in [1.165, 1.54) is 0 Å². The van der Waals surface area contributed by atoms with Crippen molar-refractivity contribution in [2.45, 2.75) is 6.54 Å². The van der Waals surface area contributed by atoms with Crippen LogP contribution in [-0.4, -0.2) is 55.6 Å². The van der Waals surface area contributed by atoms with Gasteiger partial charge in [0.1, 0.15) is 5.75 Å². The van der Waals surface area contributed by atoms with Crippen LogP contribution in [-0.2, 0) is 11.3 Å². The van der Waals surface area contributed by atoms with E-state index < -0.39 is 0 Å². The Labute approximate surface area is 148 Å². The Kier molecular flexibility index (Phi) is 5.85. The topological polar surface area (TPSA) is 57.7 Å². The Morgan fingerprint density at radius 1 is 1.12 bits per heavy atom. The molecule has 6 nitrogen and oxygen atoms in total. The molecule has 0 spiro atoms. The third kappa shape index (κ3) is 4.70. The van der Waals surface area contributed by atoms with Crippen LogP contribution in [0.1, 0.15) is 5.69 Å². The second-order valence-electron chi connectivity index (χ2n) is 6.03. The minimum Gasteiger partial charge on any atom is -0.495 e. The Bertz CT molecular complexity index is 685. The normalized spacial score (nSPS) is 15.0. The highest BCUT2D eigenvalue weighted by molar-refractivity contribution is 5.78. The molecule has 1 aromatic carbocycles.